The maximum absolute atomic E-state index is 12.1. The highest BCUT2D eigenvalue weighted by Gasteiger charge is 2.25. The molecule has 1 aromatic carbocycles. The Hall–Kier alpha value is -1.60. The minimum atomic E-state index is -3.10. The minimum absolute atomic E-state index is 0.153. The fraction of sp³-hybridized carbons (Fsp3) is 0.562. The van der Waals surface area contributed by atoms with E-state index >= 15 is 0 Å². The lowest BCUT2D eigenvalue weighted by atomic mass is 9.98. The zero-order valence-electron chi connectivity index (χ0n) is 13.6. The third-order valence-corrected chi connectivity index (χ3v) is 5.34. The van der Waals surface area contributed by atoms with Gasteiger partial charge in [0.2, 0.25) is 10.0 Å². The molecule has 1 saturated heterocycles. The number of nitrogens with one attached hydrogen (secondary N) is 1. The zero-order valence-corrected chi connectivity index (χ0v) is 14.4. The summed E-state index contributed by atoms with van der Waals surface area (Å²) >= 11 is 0. The number of carbonyl (C=O) groups is 1. The third kappa shape index (κ3) is 5.51. The Balaban J connectivity index is 1.73. The molecule has 0 saturated carbocycles. The van der Waals surface area contributed by atoms with Gasteiger partial charge in [0.1, 0.15) is 5.75 Å². The molecule has 1 N–H and O–H groups in total. The van der Waals surface area contributed by atoms with Crippen LogP contribution in [-0.4, -0.2) is 50.6 Å². The summed E-state index contributed by atoms with van der Waals surface area (Å²) in [5.41, 5.74) is 0. The van der Waals surface area contributed by atoms with Gasteiger partial charge in [-0.05, 0) is 37.8 Å². The maximum Gasteiger partial charge on any atom is 0.260 e. The Morgan fingerprint density at radius 1 is 1.30 bits per heavy atom. The second-order valence-electron chi connectivity index (χ2n) is 5.92. The summed E-state index contributed by atoms with van der Waals surface area (Å²) in [6, 6.07) is 9.22. The molecule has 1 amide bonds. The van der Waals surface area contributed by atoms with E-state index in [1.165, 1.54) is 10.6 Å². The molecule has 2 rings (SSSR count). The smallest absolute Gasteiger partial charge is 0.260 e. The molecule has 0 unspecified atom stereocenters. The summed E-state index contributed by atoms with van der Waals surface area (Å²) < 4.78 is 30.0. The molecule has 0 bridgehead atoms. The SMILES string of the molecule is C[C@@H](Oc1ccccc1)C(=O)NCC1CCN(S(C)(=O)=O)CC1. The average molecular weight is 340 g/mol. The Morgan fingerprint density at radius 3 is 2.48 bits per heavy atom. The van der Waals surface area contributed by atoms with E-state index in [1.54, 1.807) is 6.92 Å². The number of piperidine rings is 1. The summed E-state index contributed by atoms with van der Waals surface area (Å²) in [5.74, 6) is 0.817. The number of rotatable bonds is 6. The summed E-state index contributed by atoms with van der Waals surface area (Å²) in [6.45, 7) is 3.32. The molecule has 1 aliphatic heterocycles. The lowest BCUT2D eigenvalue weighted by molar-refractivity contribution is -0.127. The van der Waals surface area contributed by atoms with Gasteiger partial charge >= 0.3 is 0 Å². The molecule has 1 aromatic rings. The van der Waals surface area contributed by atoms with Crippen LogP contribution in [0.15, 0.2) is 30.3 Å². The predicted molar refractivity (Wildman–Crippen MR) is 88.7 cm³/mol. The van der Waals surface area contributed by atoms with Crippen LogP contribution >= 0.6 is 0 Å². The molecule has 1 heterocycles. The van der Waals surface area contributed by atoms with Crippen LogP contribution in [0.5, 0.6) is 5.75 Å². The molecule has 0 aliphatic carbocycles. The van der Waals surface area contributed by atoms with E-state index in [0.29, 0.717) is 31.3 Å². The fourth-order valence-electron chi connectivity index (χ4n) is 2.59. The second kappa shape index (κ2) is 7.79. The van der Waals surface area contributed by atoms with Gasteiger partial charge in [-0.2, -0.15) is 0 Å². The lowest BCUT2D eigenvalue weighted by Gasteiger charge is -2.30. The first-order valence-electron chi connectivity index (χ1n) is 7.81. The third-order valence-electron chi connectivity index (χ3n) is 4.03. The predicted octanol–water partition coefficient (Wildman–Crippen LogP) is 1.24. The summed E-state index contributed by atoms with van der Waals surface area (Å²) in [7, 11) is -3.10. The molecule has 1 atom stereocenters. The number of benzene rings is 1. The van der Waals surface area contributed by atoms with Crippen molar-refractivity contribution in [2.24, 2.45) is 5.92 Å². The van der Waals surface area contributed by atoms with E-state index in [4.69, 9.17) is 4.74 Å². The number of hydrogen-bond donors (Lipinski definition) is 1. The fourth-order valence-corrected chi connectivity index (χ4v) is 3.46. The van der Waals surface area contributed by atoms with Crippen LogP contribution in [0.1, 0.15) is 19.8 Å². The van der Waals surface area contributed by atoms with E-state index in [-0.39, 0.29) is 5.91 Å². The normalized spacial score (nSPS) is 18.3. The first-order chi connectivity index (χ1) is 10.9. The molecular formula is C16H24N2O4S. The van der Waals surface area contributed by atoms with E-state index in [2.05, 4.69) is 5.32 Å². The second-order valence-corrected chi connectivity index (χ2v) is 7.91. The van der Waals surface area contributed by atoms with Crippen molar-refractivity contribution in [2.75, 3.05) is 25.9 Å². The first kappa shape index (κ1) is 17.7. The number of carbonyl (C=O) groups excluding carboxylic acids is 1. The number of para-hydroxylation sites is 1. The Kier molecular flexibility index (Phi) is 6.01. The monoisotopic (exact) mass is 340 g/mol. The highest BCUT2D eigenvalue weighted by molar-refractivity contribution is 7.88. The topological polar surface area (TPSA) is 75.7 Å². The van der Waals surface area contributed by atoms with Crippen molar-refractivity contribution in [1.29, 1.82) is 0 Å². The summed E-state index contributed by atoms with van der Waals surface area (Å²) in [5, 5.41) is 2.89. The molecule has 0 radical (unpaired) electrons. The Bertz CT molecular complexity index is 610. The molecule has 0 aromatic heterocycles. The van der Waals surface area contributed by atoms with Crippen molar-refractivity contribution >= 4 is 15.9 Å². The average Bonchev–Trinajstić information content (AvgIpc) is 2.53. The number of nitrogens with zero attached hydrogens (tertiary/aromatic N) is 1. The number of hydrogen-bond acceptors (Lipinski definition) is 4. The van der Waals surface area contributed by atoms with Gasteiger partial charge in [-0.25, -0.2) is 12.7 Å². The van der Waals surface area contributed by atoms with Gasteiger partial charge in [0.25, 0.3) is 5.91 Å². The number of amides is 1. The van der Waals surface area contributed by atoms with Crippen LogP contribution in [0, 0.1) is 5.92 Å². The molecule has 1 fully saturated rings. The van der Waals surface area contributed by atoms with Crippen LogP contribution in [0.3, 0.4) is 0 Å². The van der Waals surface area contributed by atoms with Crippen molar-refractivity contribution in [1.82, 2.24) is 9.62 Å². The summed E-state index contributed by atoms with van der Waals surface area (Å²) in [6.07, 6.45) is 2.20. The molecule has 0 spiro atoms. The van der Waals surface area contributed by atoms with E-state index in [1.807, 2.05) is 30.3 Å². The number of sulfonamides is 1. The molecule has 23 heavy (non-hydrogen) atoms. The van der Waals surface area contributed by atoms with E-state index in [9.17, 15) is 13.2 Å². The molecular weight excluding hydrogens is 316 g/mol. The van der Waals surface area contributed by atoms with Gasteiger partial charge in [0.05, 0.1) is 6.26 Å². The Labute approximate surface area is 137 Å². The van der Waals surface area contributed by atoms with Crippen molar-refractivity contribution in [3.05, 3.63) is 30.3 Å². The number of ether oxygens (including phenoxy) is 1. The molecule has 7 heteroatoms. The van der Waals surface area contributed by atoms with Crippen molar-refractivity contribution in [2.45, 2.75) is 25.9 Å². The standard InChI is InChI=1S/C16H24N2O4S/c1-13(22-15-6-4-3-5-7-15)16(19)17-12-14-8-10-18(11-9-14)23(2,20)21/h3-7,13-14H,8-12H2,1-2H3,(H,17,19)/t13-/m1/s1. The molecule has 1 aliphatic rings. The van der Waals surface area contributed by atoms with Crippen molar-refractivity contribution < 1.29 is 17.9 Å². The highest BCUT2D eigenvalue weighted by atomic mass is 32.2. The van der Waals surface area contributed by atoms with Gasteiger partial charge in [0.15, 0.2) is 6.10 Å². The highest BCUT2D eigenvalue weighted by Crippen LogP contribution is 2.18. The zero-order chi connectivity index (χ0) is 16.9. The van der Waals surface area contributed by atoms with Gasteiger partial charge in [-0.15, -0.1) is 0 Å². The van der Waals surface area contributed by atoms with Crippen LogP contribution in [0.2, 0.25) is 0 Å². The van der Waals surface area contributed by atoms with Crippen LogP contribution in [0.25, 0.3) is 0 Å². The van der Waals surface area contributed by atoms with Gasteiger partial charge in [0, 0.05) is 19.6 Å². The van der Waals surface area contributed by atoms with E-state index < -0.39 is 16.1 Å². The minimum Gasteiger partial charge on any atom is -0.481 e. The quantitative estimate of drug-likeness (QED) is 0.845. The summed E-state index contributed by atoms with van der Waals surface area (Å²) in [4.78, 5) is 12.1. The van der Waals surface area contributed by atoms with Crippen LogP contribution in [0.4, 0.5) is 0 Å². The van der Waals surface area contributed by atoms with Crippen molar-refractivity contribution in [3.8, 4) is 5.75 Å². The Morgan fingerprint density at radius 2 is 1.91 bits per heavy atom. The van der Waals surface area contributed by atoms with E-state index in [0.717, 1.165) is 12.8 Å². The molecule has 6 nitrogen and oxygen atoms in total. The lowest BCUT2D eigenvalue weighted by Crippen LogP contribution is -2.43. The van der Waals surface area contributed by atoms with Crippen LogP contribution in [-0.2, 0) is 14.8 Å². The van der Waals surface area contributed by atoms with Crippen molar-refractivity contribution in [3.63, 3.8) is 0 Å². The van der Waals surface area contributed by atoms with Gasteiger partial charge in [-0.3, -0.25) is 4.79 Å². The van der Waals surface area contributed by atoms with Crippen LogP contribution < -0.4 is 10.1 Å². The van der Waals surface area contributed by atoms with Gasteiger partial charge in [-0.1, -0.05) is 18.2 Å². The largest absolute Gasteiger partial charge is 0.481 e. The molecule has 128 valence electrons. The maximum atomic E-state index is 12.1. The first-order valence-corrected chi connectivity index (χ1v) is 9.65. The van der Waals surface area contributed by atoms with Gasteiger partial charge < -0.3 is 10.1 Å².